The minimum absolute atomic E-state index is 0.0643. The van der Waals surface area contributed by atoms with Gasteiger partial charge in [-0.15, -0.1) is 0 Å². The van der Waals surface area contributed by atoms with Gasteiger partial charge in [0.05, 0.1) is 4.90 Å². The highest BCUT2D eigenvalue weighted by Gasteiger charge is 2.27. The van der Waals surface area contributed by atoms with E-state index in [1.165, 1.54) is 9.87 Å². The molecule has 28 heavy (non-hydrogen) atoms. The number of anilines is 1. The number of piperazine rings is 1. The largest absolute Gasteiger partial charge is 0.326 e. The normalized spacial score (nSPS) is 16.0. The number of hydrogen-bond donors (Lipinski definition) is 1. The maximum atomic E-state index is 12.7. The van der Waals surface area contributed by atoms with Crippen LogP contribution in [-0.2, 0) is 21.2 Å². The van der Waals surface area contributed by atoms with Gasteiger partial charge in [-0.1, -0.05) is 30.3 Å². The number of nitrogens with zero attached hydrogens (tertiary/aromatic N) is 2. The molecule has 0 aliphatic carbocycles. The van der Waals surface area contributed by atoms with Gasteiger partial charge in [-0.05, 0) is 49.7 Å². The van der Waals surface area contributed by atoms with Gasteiger partial charge in [-0.25, -0.2) is 8.42 Å². The van der Waals surface area contributed by atoms with Gasteiger partial charge in [0.1, 0.15) is 0 Å². The molecule has 0 atom stereocenters. The highest BCUT2D eigenvalue weighted by Crippen LogP contribution is 2.20. The molecule has 0 bridgehead atoms. The first-order valence-corrected chi connectivity index (χ1v) is 11.0. The Balaban J connectivity index is 1.51. The molecule has 3 rings (SSSR count). The fourth-order valence-electron chi connectivity index (χ4n) is 3.21. The summed E-state index contributed by atoms with van der Waals surface area (Å²) in [5.74, 6) is -0.0643. The van der Waals surface area contributed by atoms with Crippen LogP contribution in [0.2, 0.25) is 0 Å². The average molecular weight is 402 g/mol. The Morgan fingerprint density at radius 2 is 1.61 bits per heavy atom. The van der Waals surface area contributed by atoms with Crippen LogP contribution >= 0.6 is 0 Å². The number of carbonyl (C=O) groups excluding carboxylic acids is 1. The molecule has 1 saturated heterocycles. The van der Waals surface area contributed by atoms with Gasteiger partial charge in [-0.3, -0.25) is 4.79 Å². The van der Waals surface area contributed by atoms with Crippen LogP contribution in [0.1, 0.15) is 18.4 Å². The molecule has 0 unspecified atom stereocenters. The fraction of sp³-hybridized carbons (Fsp3) is 0.381. The van der Waals surface area contributed by atoms with E-state index in [4.69, 9.17) is 0 Å². The number of amides is 1. The summed E-state index contributed by atoms with van der Waals surface area (Å²) in [7, 11) is -1.49. The van der Waals surface area contributed by atoms with Crippen LogP contribution < -0.4 is 5.32 Å². The number of likely N-dealkylation sites (N-methyl/N-ethyl adjacent to an activating group) is 1. The van der Waals surface area contributed by atoms with Crippen molar-refractivity contribution in [2.24, 2.45) is 0 Å². The van der Waals surface area contributed by atoms with Crippen molar-refractivity contribution in [3.8, 4) is 0 Å². The second-order valence-electron chi connectivity index (χ2n) is 7.12. The Bertz CT molecular complexity index is 875. The molecule has 0 aromatic heterocycles. The van der Waals surface area contributed by atoms with E-state index < -0.39 is 10.0 Å². The lowest BCUT2D eigenvalue weighted by Gasteiger charge is -2.31. The summed E-state index contributed by atoms with van der Waals surface area (Å²) < 4.78 is 27.0. The Labute approximate surface area is 167 Å². The Morgan fingerprint density at radius 3 is 2.25 bits per heavy atom. The summed E-state index contributed by atoms with van der Waals surface area (Å²) >= 11 is 0. The van der Waals surface area contributed by atoms with Gasteiger partial charge >= 0.3 is 0 Å². The van der Waals surface area contributed by atoms with Crippen molar-refractivity contribution >= 4 is 21.6 Å². The van der Waals surface area contributed by atoms with Crippen LogP contribution in [0.4, 0.5) is 5.69 Å². The molecule has 150 valence electrons. The van der Waals surface area contributed by atoms with Gasteiger partial charge in [-0.2, -0.15) is 4.31 Å². The van der Waals surface area contributed by atoms with Crippen molar-refractivity contribution < 1.29 is 13.2 Å². The summed E-state index contributed by atoms with van der Waals surface area (Å²) in [5, 5.41) is 2.84. The highest BCUT2D eigenvalue weighted by molar-refractivity contribution is 7.89. The molecular weight excluding hydrogens is 374 g/mol. The Hall–Kier alpha value is -2.22. The summed E-state index contributed by atoms with van der Waals surface area (Å²) in [4.78, 5) is 14.5. The molecule has 6 nitrogen and oxygen atoms in total. The van der Waals surface area contributed by atoms with E-state index in [1.54, 1.807) is 24.3 Å². The van der Waals surface area contributed by atoms with Crippen LogP contribution in [0.5, 0.6) is 0 Å². The topological polar surface area (TPSA) is 69.7 Å². The minimum atomic E-state index is -3.48. The van der Waals surface area contributed by atoms with Gasteiger partial charge in [0.2, 0.25) is 15.9 Å². The minimum Gasteiger partial charge on any atom is -0.326 e. The fourth-order valence-corrected chi connectivity index (χ4v) is 4.63. The lowest BCUT2D eigenvalue weighted by Crippen LogP contribution is -2.46. The SMILES string of the molecule is CN1CCN(S(=O)(=O)c2ccc(NC(=O)CCCc3ccccc3)cc2)CC1. The quantitative estimate of drug-likeness (QED) is 0.774. The van der Waals surface area contributed by atoms with Crippen LogP contribution in [-0.4, -0.2) is 56.8 Å². The monoisotopic (exact) mass is 401 g/mol. The maximum Gasteiger partial charge on any atom is 0.243 e. The van der Waals surface area contributed by atoms with Crippen LogP contribution in [0, 0.1) is 0 Å². The van der Waals surface area contributed by atoms with Gasteiger partial charge < -0.3 is 10.2 Å². The number of benzene rings is 2. The summed E-state index contributed by atoms with van der Waals surface area (Å²) in [6.07, 6.45) is 2.05. The number of aryl methyl sites for hydroxylation is 1. The molecular formula is C21H27N3O3S. The number of hydrogen-bond acceptors (Lipinski definition) is 4. The van der Waals surface area contributed by atoms with Crippen molar-refractivity contribution in [3.05, 3.63) is 60.2 Å². The van der Waals surface area contributed by atoms with Crippen molar-refractivity contribution in [1.82, 2.24) is 9.21 Å². The first kappa shape index (κ1) is 20.5. The van der Waals surface area contributed by atoms with Crippen LogP contribution in [0.15, 0.2) is 59.5 Å². The molecule has 1 heterocycles. The number of rotatable bonds is 7. The molecule has 0 radical (unpaired) electrons. The van der Waals surface area contributed by atoms with E-state index in [1.807, 2.05) is 25.2 Å². The van der Waals surface area contributed by atoms with E-state index >= 15 is 0 Å². The Kier molecular flexibility index (Phi) is 6.83. The molecule has 7 heteroatoms. The predicted molar refractivity (Wildman–Crippen MR) is 111 cm³/mol. The molecule has 1 N–H and O–H groups in total. The molecule has 1 aliphatic heterocycles. The lowest BCUT2D eigenvalue weighted by molar-refractivity contribution is -0.116. The van der Waals surface area contributed by atoms with Gasteiger partial charge in [0.25, 0.3) is 0 Å². The highest BCUT2D eigenvalue weighted by atomic mass is 32.2. The molecule has 1 aliphatic rings. The lowest BCUT2D eigenvalue weighted by atomic mass is 10.1. The zero-order chi connectivity index (χ0) is 20.0. The van der Waals surface area contributed by atoms with E-state index in [-0.39, 0.29) is 10.8 Å². The Morgan fingerprint density at radius 1 is 0.964 bits per heavy atom. The van der Waals surface area contributed by atoms with Crippen LogP contribution in [0.3, 0.4) is 0 Å². The molecule has 0 spiro atoms. The molecule has 2 aromatic carbocycles. The molecule has 0 saturated carbocycles. The standard InChI is InChI=1S/C21H27N3O3S/c1-23-14-16-24(17-15-23)28(26,27)20-12-10-19(11-13-20)22-21(25)9-5-8-18-6-3-2-4-7-18/h2-4,6-7,10-13H,5,8-9,14-17H2,1H3,(H,22,25). The smallest absolute Gasteiger partial charge is 0.243 e. The third-order valence-electron chi connectivity index (χ3n) is 4.95. The van der Waals surface area contributed by atoms with Crippen molar-refractivity contribution in [2.75, 3.05) is 38.5 Å². The van der Waals surface area contributed by atoms with Crippen molar-refractivity contribution in [3.63, 3.8) is 0 Å². The molecule has 2 aromatic rings. The second-order valence-corrected chi connectivity index (χ2v) is 9.06. The second kappa shape index (κ2) is 9.32. The van der Waals surface area contributed by atoms with Crippen molar-refractivity contribution in [1.29, 1.82) is 0 Å². The molecule has 1 amide bonds. The zero-order valence-electron chi connectivity index (χ0n) is 16.2. The average Bonchev–Trinajstić information content (AvgIpc) is 2.69. The number of carbonyl (C=O) groups is 1. The summed E-state index contributed by atoms with van der Waals surface area (Å²) in [5.41, 5.74) is 1.83. The summed E-state index contributed by atoms with van der Waals surface area (Å²) in [6.45, 7) is 2.46. The predicted octanol–water partition coefficient (Wildman–Crippen LogP) is 2.58. The first-order valence-electron chi connectivity index (χ1n) is 9.58. The zero-order valence-corrected chi connectivity index (χ0v) is 17.0. The van der Waals surface area contributed by atoms with Gasteiger partial charge in [0.15, 0.2) is 0 Å². The van der Waals surface area contributed by atoms with Crippen LogP contribution in [0.25, 0.3) is 0 Å². The summed E-state index contributed by atoms with van der Waals surface area (Å²) in [6, 6.07) is 16.5. The third kappa shape index (κ3) is 5.41. The van der Waals surface area contributed by atoms with E-state index in [9.17, 15) is 13.2 Å². The third-order valence-corrected chi connectivity index (χ3v) is 6.86. The number of nitrogens with one attached hydrogen (secondary N) is 1. The number of sulfonamides is 1. The maximum absolute atomic E-state index is 12.7. The van der Waals surface area contributed by atoms with Crippen molar-refractivity contribution in [2.45, 2.75) is 24.2 Å². The van der Waals surface area contributed by atoms with E-state index in [0.29, 0.717) is 25.2 Å². The molecule has 1 fully saturated rings. The van der Waals surface area contributed by atoms with Gasteiger partial charge in [0, 0.05) is 38.3 Å². The van der Waals surface area contributed by atoms with E-state index in [0.717, 1.165) is 25.9 Å². The first-order chi connectivity index (χ1) is 13.4. The van der Waals surface area contributed by atoms with E-state index in [2.05, 4.69) is 22.3 Å².